The molecule has 0 aliphatic heterocycles. The van der Waals surface area contributed by atoms with Crippen LogP contribution in [0.5, 0.6) is 0 Å². The molecule has 0 aliphatic carbocycles. The van der Waals surface area contributed by atoms with Gasteiger partial charge in [-0.3, -0.25) is 14.4 Å². The average molecular weight is 352 g/mol. The fraction of sp³-hybridized carbons (Fsp3) is 0.286. The molecule has 2 amide bonds. The first kappa shape index (κ1) is 19.4. The number of rotatable bonds is 8. The molecule has 0 fully saturated rings. The van der Waals surface area contributed by atoms with Crippen molar-refractivity contribution in [3.63, 3.8) is 0 Å². The zero-order valence-corrected chi connectivity index (χ0v) is 15.1. The Morgan fingerprint density at radius 3 is 2.04 bits per heavy atom. The van der Waals surface area contributed by atoms with Gasteiger partial charge in [0.2, 0.25) is 11.8 Å². The van der Waals surface area contributed by atoms with Crippen molar-refractivity contribution in [1.29, 1.82) is 0 Å². The molecule has 2 aromatic rings. The van der Waals surface area contributed by atoms with Crippen molar-refractivity contribution in [2.45, 2.75) is 32.7 Å². The Kier molecular flexibility index (Phi) is 7.09. The van der Waals surface area contributed by atoms with E-state index in [4.69, 9.17) is 0 Å². The van der Waals surface area contributed by atoms with Crippen LogP contribution >= 0.6 is 0 Å². The summed E-state index contributed by atoms with van der Waals surface area (Å²) in [7, 11) is 0. The molecule has 0 aromatic heterocycles. The smallest absolute Gasteiger partial charge is 0.239 e. The third-order valence-corrected chi connectivity index (χ3v) is 3.79. The van der Waals surface area contributed by atoms with Crippen molar-refractivity contribution in [1.82, 2.24) is 10.6 Å². The molecule has 5 nitrogen and oxygen atoms in total. The van der Waals surface area contributed by atoms with E-state index in [1.807, 2.05) is 56.3 Å². The van der Waals surface area contributed by atoms with Gasteiger partial charge in [0.05, 0.1) is 6.54 Å². The Labute approximate surface area is 153 Å². The van der Waals surface area contributed by atoms with Crippen LogP contribution in [0.15, 0.2) is 54.6 Å². The van der Waals surface area contributed by atoms with E-state index in [0.717, 1.165) is 11.1 Å². The monoisotopic (exact) mass is 352 g/mol. The molecule has 136 valence electrons. The largest absolute Gasteiger partial charge is 0.352 e. The summed E-state index contributed by atoms with van der Waals surface area (Å²) in [5.41, 5.74) is 2.71. The van der Waals surface area contributed by atoms with E-state index in [1.54, 1.807) is 12.1 Å². The average Bonchev–Trinajstić information content (AvgIpc) is 2.64. The van der Waals surface area contributed by atoms with E-state index in [-0.39, 0.29) is 43.0 Å². The number of ketones is 1. The second-order valence-corrected chi connectivity index (χ2v) is 6.37. The number of hydrogen-bond donors (Lipinski definition) is 2. The summed E-state index contributed by atoms with van der Waals surface area (Å²) in [6.07, 6.45) is 0.177. The van der Waals surface area contributed by atoms with E-state index in [2.05, 4.69) is 10.6 Å². The molecule has 0 aliphatic rings. The van der Waals surface area contributed by atoms with Crippen molar-refractivity contribution < 1.29 is 14.4 Å². The molecule has 2 aromatic carbocycles. The lowest BCUT2D eigenvalue weighted by atomic mass is 10.0. The van der Waals surface area contributed by atoms with E-state index in [1.165, 1.54) is 0 Å². The number of amides is 2. The van der Waals surface area contributed by atoms with Gasteiger partial charge in [-0.05, 0) is 25.0 Å². The van der Waals surface area contributed by atoms with Gasteiger partial charge in [0, 0.05) is 24.4 Å². The Morgan fingerprint density at radius 2 is 1.42 bits per heavy atom. The molecule has 0 bridgehead atoms. The van der Waals surface area contributed by atoms with Gasteiger partial charge in [-0.15, -0.1) is 0 Å². The summed E-state index contributed by atoms with van der Waals surface area (Å²) in [5.74, 6) is -0.638. The molecule has 0 spiro atoms. The van der Waals surface area contributed by atoms with Crippen LogP contribution in [0.3, 0.4) is 0 Å². The van der Waals surface area contributed by atoms with E-state index in [0.29, 0.717) is 5.56 Å². The van der Waals surface area contributed by atoms with Crippen LogP contribution in [-0.2, 0) is 9.59 Å². The minimum absolute atomic E-state index is 0.0276. The topological polar surface area (TPSA) is 75.3 Å². The van der Waals surface area contributed by atoms with Crippen molar-refractivity contribution in [2.75, 3.05) is 6.54 Å². The minimum Gasteiger partial charge on any atom is -0.352 e. The third-order valence-electron chi connectivity index (χ3n) is 3.79. The number of hydrogen-bond acceptors (Lipinski definition) is 3. The second kappa shape index (κ2) is 9.51. The molecule has 0 atom stereocenters. The van der Waals surface area contributed by atoms with Crippen molar-refractivity contribution in [3.05, 3.63) is 60.2 Å². The highest BCUT2D eigenvalue weighted by molar-refractivity contribution is 5.98. The SMILES string of the molecule is CC(C)NC(=O)CNC(=O)CCC(=O)c1ccc(-c2ccccc2)cc1. The molecule has 0 unspecified atom stereocenters. The van der Waals surface area contributed by atoms with Crippen LogP contribution in [0.4, 0.5) is 0 Å². The highest BCUT2D eigenvalue weighted by atomic mass is 16.2. The first-order chi connectivity index (χ1) is 12.5. The molecule has 0 saturated carbocycles. The lowest BCUT2D eigenvalue weighted by molar-refractivity contribution is -0.126. The summed E-state index contributed by atoms with van der Waals surface area (Å²) >= 11 is 0. The summed E-state index contributed by atoms with van der Waals surface area (Å²) in [5, 5.41) is 5.21. The highest BCUT2D eigenvalue weighted by Gasteiger charge is 2.11. The van der Waals surface area contributed by atoms with Crippen molar-refractivity contribution >= 4 is 17.6 Å². The summed E-state index contributed by atoms with van der Waals surface area (Å²) in [4.78, 5) is 35.5. The Hall–Kier alpha value is -2.95. The number of nitrogens with one attached hydrogen (secondary N) is 2. The van der Waals surface area contributed by atoms with Crippen LogP contribution in [0.2, 0.25) is 0 Å². The van der Waals surface area contributed by atoms with Gasteiger partial charge >= 0.3 is 0 Å². The zero-order valence-electron chi connectivity index (χ0n) is 15.1. The van der Waals surface area contributed by atoms with E-state index < -0.39 is 0 Å². The first-order valence-corrected chi connectivity index (χ1v) is 8.70. The predicted molar refractivity (Wildman–Crippen MR) is 102 cm³/mol. The van der Waals surface area contributed by atoms with Crippen LogP contribution in [0.25, 0.3) is 11.1 Å². The van der Waals surface area contributed by atoms with Crippen LogP contribution in [-0.4, -0.2) is 30.2 Å². The molecular weight excluding hydrogens is 328 g/mol. The molecule has 0 saturated heterocycles. The number of carbonyl (C=O) groups is 3. The van der Waals surface area contributed by atoms with Crippen LogP contribution in [0.1, 0.15) is 37.0 Å². The van der Waals surface area contributed by atoms with Gasteiger partial charge in [0.25, 0.3) is 0 Å². The lowest BCUT2D eigenvalue weighted by Crippen LogP contribution is -2.39. The quantitative estimate of drug-likeness (QED) is 0.717. The summed E-state index contributed by atoms with van der Waals surface area (Å²) < 4.78 is 0. The maximum Gasteiger partial charge on any atom is 0.239 e. The third kappa shape index (κ3) is 6.16. The number of carbonyl (C=O) groups excluding carboxylic acids is 3. The summed E-state index contributed by atoms with van der Waals surface area (Å²) in [6.45, 7) is 3.62. The lowest BCUT2D eigenvalue weighted by Gasteiger charge is -2.09. The molecule has 2 rings (SSSR count). The Balaban J connectivity index is 1.80. The fourth-order valence-electron chi connectivity index (χ4n) is 2.49. The number of benzene rings is 2. The summed E-state index contributed by atoms with van der Waals surface area (Å²) in [6, 6.07) is 17.3. The standard InChI is InChI=1S/C21H24N2O3/c1-15(2)23-21(26)14-22-20(25)13-12-19(24)18-10-8-17(9-11-18)16-6-4-3-5-7-16/h3-11,15H,12-14H2,1-2H3,(H,22,25)(H,23,26). The molecule has 26 heavy (non-hydrogen) atoms. The zero-order chi connectivity index (χ0) is 18.9. The van der Waals surface area contributed by atoms with E-state index in [9.17, 15) is 14.4 Å². The van der Waals surface area contributed by atoms with E-state index >= 15 is 0 Å². The molecular formula is C21H24N2O3. The van der Waals surface area contributed by atoms with Gasteiger partial charge in [-0.2, -0.15) is 0 Å². The van der Waals surface area contributed by atoms with Gasteiger partial charge in [0.1, 0.15) is 0 Å². The van der Waals surface area contributed by atoms with Gasteiger partial charge in [-0.1, -0.05) is 54.6 Å². The molecule has 2 N–H and O–H groups in total. The molecule has 5 heteroatoms. The second-order valence-electron chi connectivity index (χ2n) is 6.37. The van der Waals surface area contributed by atoms with Crippen molar-refractivity contribution in [2.24, 2.45) is 0 Å². The number of Topliss-reactive ketones (excluding diaryl/α,β-unsaturated/α-hetero) is 1. The molecule has 0 radical (unpaired) electrons. The van der Waals surface area contributed by atoms with Crippen LogP contribution in [0, 0.1) is 0 Å². The highest BCUT2D eigenvalue weighted by Crippen LogP contribution is 2.19. The van der Waals surface area contributed by atoms with Gasteiger partial charge in [0.15, 0.2) is 5.78 Å². The van der Waals surface area contributed by atoms with Gasteiger partial charge in [-0.25, -0.2) is 0 Å². The van der Waals surface area contributed by atoms with Crippen molar-refractivity contribution in [3.8, 4) is 11.1 Å². The fourth-order valence-corrected chi connectivity index (χ4v) is 2.49. The Bertz CT molecular complexity index is 753. The minimum atomic E-state index is -0.307. The van der Waals surface area contributed by atoms with Crippen LogP contribution < -0.4 is 10.6 Å². The Morgan fingerprint density at radius 1 is 0.808 bits per heavy atom. The normalized spacial score (nSPS) is 10.4. The van der Waals surface area contributed by atoms with Gasteiger partial charge < -0.3 is 10.6 Å². The molecule has 0 heterocycles. The maximum atomic E-state index is 12.2. The maximum absolute atomic E-state index is 12.2. The predicted octanol–water partition coefficient (Wildman–Crippen LogP) is 2.96. The first-order valence-electron chi connectivity index (χ1n) is 8.70.